The van der Waals surface area contributed by atoms with E-state index in [-0.39, 0.29) is 6.61 Å². The van der Waals surface area contributed by atoms with E-state index in [1.165, 1.54) is 0 Å². The molecule has 0 aliphatic carbocycles. The highest BCUT2D eigenvalue weighted by Crippen LogP contribution is 2.25. The van der Waals surface area contributed by atoms with Crippen molar-refractivity contribution in [1.29, 1.82) is 0 Å². The average Bonchev–Trinajstić information content (AvgIpc) is 2.40. The van der Waals surface area contributed by atoms with Crippen molar-refractivity contribution in [2.45, 2.75) is 13.5 Å². The van der Waals surface area contributed by atoms with E-state index in [4.69, 9.17) is 33.7 Å². The number of aryl methyl sites for hydroxylation is 1. The summed E-state index contributed by atoms with van der Waals surface area (Å²) in [6.45, 7) is 2.19. The predicted molar refractivity (Wildman–Crippen MR) is 80.5 cm³/mol. The molecule has 0 radical (unpaired) electrons. The van der Waals surface area contributed by atoms with Crippen LogP contribution in [0.25, 0.3) is 0 Å². The molecule has 20 heavy (non-hydrogen) atoms. The number of hydrogen-bond acceptors (Lipinski definition) is 2. The Balaban J connectivity index is 2.20. The van der Waals surface area contributed by atoms with Crippen molar-refractivity contribution in [1.82, 2.24) is 0 Å². The van der Waals surface area contributed by atoms with Crippen LogP contribution in [0.3, 0.4) is 0 Å². The predicted octanol–water partition coefficient (Wildman–Crippen LogP) is 3.98. The zero-order chi connectivity index (χ0) is 14.7. The molecule has 0 spiro atoms. The van der Waals surface area contributed by atoms with Gasteiger partial charge in [0.25, 0.3) is 5.91 Å². The molecule has 0 atom stereocenters. The molecule has 0 aromatic heterocycles. The van der Waals surface area contributed by atoms with Crippen LogP contribution >= 0.6 is 23.2 Å². The minimum absolute atomic E-state index is 0.278. The molecule has 3 nitrogen and oxygen atoms in total. The monoisotopic (exact) mass is 309 g/mol. The van der Waals surface area contributed by atoms with Crippen molar-refractivity contribution in [2.24, 2.45) is 5.73 Å². The second kappa shape index (κ2) is 6.16. The van der Waals surface area contributed by atoms with Crippen LogP contribution in [0.15, 0.2) is 36.4 Å². The van der Waals surface area contributed by atoms with Crippen LogP contribution in [-0.2, 0) is 6.61 Å². The molecule has 104 valence electrons. The number of primary amides is 1. The second-order valence-electron chi connectivity index (χ2n) is 4.40. The van der Waals surface area contributed by atoms with Crippen LogP contribution < -0.4 is 10.5 Å². The van der Waals surface area contributed by atoms with Crippen molar-refractivity contribution >= 4 is 29.1 Å². The van der Waals surface area contributed by atoms with Crippen molar-refractivity contribution in [2.75, 3.05) is 0 Å². The number of carbonyl (C=O) groups excluding carboxylic acids is 1. The molecule has 2 N–H and O–H groups in total. The van der Waals surface area contributed by atoms with E-state index in [1.807, 2.05) is 19.1 Å². The van der Waals surface area contributed by atoms with Crippen LogP contribution in [0.2, 0.25) is 10.0 Å². The zero-order valence-corrected chi connectivity index (χ0v) is 12.3. The van der Waals surface area contributed by atoms with Crippen LogP contribution in [0.5, 0.6) is 5.75 Å². The molecule has 5 heteroatoms. The number of hydrogen-bond donors (Lipinski definition) is 1. The molecular formula is C15H13Cl2NO2. The molecule has 0 unspecified atom stereocenters. The summed E-state index contributed by atoms with van der Waals surface area (Å²) in [5.74, 6) is -0.0577. The fourth-order valence-electron chi connectivity index (χ4n) is 1.74. The molecule has 0 bridgehead atoms. The van der Waals surface area contributed by atoms with Gasteiger partial charge in [-0.2, -0.15) is 0 Å². The third-order valence-electron chi connectivity index (χ3n) is 2.78. The molecule has 0 saturated carbocycles. The van der Waals surface area contributed by atoms with E-state index in [9.17, 15) is 4.79 Å². The Morgan fingerprint density at radius 3 is 2.55 bits per heavy atom. The van der Waals surface area contributed by atoms with E-state index < -0.39 is 5.91 Å². The van der Waals surface area contributed by atoms with Gasteiger partial charge in [0.2, 0.25) is 0 Å². The van der Waals surface area contributed by atoms with Gasteiger partial charge >= 0.3 is 0 Å². The summed E-state index contributed by atoms with van der Waals surface area (Å²) >= 11 is 11.8. The highest BCUT2D eigenvalue weighted by molar-refractivity contribution is 6.42. The lowest BCUT2D eigenvalue weighted by molar-refractivity contribution is 0.0996. The lowest BCUT2D eigenvalue weighted by Gasteiger charge is -2.11. The first-order valence-corrected chi connectivity index (χ1v) is 6.70. The molecule has 0 aliphatic heterocycles. The highest BCUT2D eigenvalue weighted by Gasteiger charge is 2.10. The SMILES string of the molecule is Cc1ccc(C(N)=O)c(OCc2ccc(Cl)c(Cl)c2)c1. The average molecular weight is 310 g/mol. The van der Waals surface area contributed by atoms with Crippen molar-refractivity contribution < 1.29 is 9.53 Å². The van der Waals surface area contributed by atoms with Gasteiger partial charge in [0.15, 0.2) is 0 Å². The van der Waals surface area contributed by atoms with Gasteiger partial charge in [-0.1, -0.05) is 35.3 Å². The van der Waals surface area contributed by atoms with Crippen LogP contribution in [0, 0.1) is 6.92 Å². The van der Waals surface area contributed by atoms with Crippen molar-refractivity contribution in [3.8, 4) is 5.75 Å². The Morgan fingerprint density at radius 2 is 1.90 bits per heavy atom. The fraction of sp³-hybridized carbons (Fsp3) is 0.133. The minimum atomic E-state index is -0.519. The maximum Gasteiger partial charge on any atom is 0.252 e. The Labute approximate surface area is 127 Å². The van der Waals surface area contributed by atoms with Crippen molar-refractivity contribution in [3.63, 3.8) is 0 Å². The Bertz CT molecular complexity index is 656. The summed E-state index contributed by atoms with van der Waals surface area (Å²) in [6.07, 6.45) is 0. The summed E-state index contributed by atoms with van der Waals surface area (Å²) in [6, 6.07) is 10.5. The Kier molecular flexibility index (Phi) is 4.53. The number of nitrogens with two attached hydrogens (primary N) is 1. The lowest BCUT2D eigenvalue weighted by atomic mass is 10.1. The smallest absolute Gasteiger partial charge is 0.252 e. The quantitative estimate of drug-likeness (QED) is 0.928. The molecule has 1 amide bonds. The molecule has 2 rings (SSSR count). The Hall–Kier alpha value is -1.71. The minimum Gasteiger partial charge on any atom is -0.488 e. The molecular weight excluding hydrogens is 297 g/mol. The van der Waals surface area contributed by atoms with Gasteiger partial charge in [-0.3, -0.25) is 4.79 Å². The van der Waals surface area contributed by atoms with Crippen LogP contribution in [-0.4, -0.2) is 5.91 Å². The van der Waals surface area contributed by atoms with E-state index in [1.54, 1.807) is 24.3 Å². The maximum atomic E-state index is 11.3. The highest BCUT2D eigenvalue weighted by atomic mass is 35.5. The molecule has 0 fully saturated rings. The van der Waals surface area contributed by atoms with Gasteiger partial charge in [0.05, 0.1) is 15.6 Å². The Morgan fingerprint density at radius 1 is 1.15 bits per heavy atom. The molecule has 0 saturated heterocycles. The first-order valence-electron chi connectivity index (χ1n) is 5.94. The van der Waals surface area contributed by atoms with Gasteiger partial charge in [-0.25, -0.2) is 0 Å². The summed E-state index contributed by atoms with van der Waals surface area (Å²) < 4.78 is 5.66. The number of amides is 1. The standard InChI is InChI=1S/C15H13Cl2NO2/c1-9-2-4-11(15(18)19)14(6-9)20-8-10-3-5-12(16)13(17)7-10/h2-7H,8H2,1H3,(H2,18,19). The summed E-state index contributed by atoms with van der Waals surface area (Å²) in [5.41, 5.74) is 7.52. The van der Waals surface area contributed by atoms with Gasteiger partial charge < -0.3 is 10.5 Å². The maximum absolute atomic E-state index is 11.3. The number of benzene rings is 2. The number of halogens is 2. The number of carbonyl (C=O) groups is 1. The molecule has 2 aromatic rings. The summed E-state index contributed by atoms with van der Waals surface area (Å²) in [4.78, 5) is 11.3. The zero-order valence-electron chi connectivity index (χ0n) is 10.8. The van der Waals surface area contributed by atoms with Gasteiger partial charge in [-0.15, -0.1) is 0 Å². The summed E-state index contributed by atoms with van der Waals surface area (Å²) in [7, 11) is 0. The van der Waals surface area contributed by atoms with Crippen molar-refractivity contribution in [3.05, 3.63) is 63.1 Å². The first kappa shape index (κ1) is 14.7. The lowest BCUT2D eigenvalue weighted by Crippen LogP contribution is -2.13. The normalized spacial score (nSPS) is 10.3. The fourth-order valence-corrected chi connectivity index (χ4v) is 2.06. The third-order valence-corrected chi connectivity index (χ3v) is 3.52. The third kappa shape index (κ3) is 3.44. The van der Waals surface area contributed by atoms with Crippen LogP contribution in [0.1, 0.15) is 21.5 Å². The molecule has 0 aliphatic rings. The van der Waals surface area contributed by atoms with E-state index >= 15 is 0 Å². The van der Waals surface area contributed by atoms with E-state index in [0.717, 1.165) is 11.1 Å². The topological polar surface area (TPSA) is 52.3 Å². The van der Waals surface area contributed by atoms with Gasteiger partial charge in [0.1, 0.15) is 12.4 Å². The number of rotatable bonds is 4. The largest absolute Gasteiger partial charge is 0.488 e. The van der Waals surface area contributed by atoms with Gasteiger partial charge in [0, 0.05) is 0 Å². The second-order valence-corrected chi connectivity index (χ2v) is 5.22. The molecule has 2 aromatic carbocycles. The van der Waals surface area contributed by atoms with Gasteiger partial charge in [-0.05, 0) is 42.3 Å². The first-order chi connectivity index (χ1) is 9.47. The van der Waals surface area contributed by atoms with E-state index in [0.29, 0.717) is 21.4 Å². The van der Waals surface area contributed by atoms with Crippen LogP contribution in [0.4, 0.5) is 0 Å². The molecule has 0 heterocycles. The number of ether oxygens (including phenoxy) is 1. The summed E-state index contributed by atoms with van der Waals surface area (Å²) in [5, 5.41) is 0.955. The van der Waals surface area contributed by atoms with E-state index in [2.05, 4.69) is 0 Å².